The second-order valence-corrected chi connectivity index (χ2v) is 3.59. The number of methoxy groups -OCH3 is 1. The molecule has 112 valence electrons. The molecule has 6 nitrogen and oxygen atoms in total. The molecule has 0 saturated heterocycles. The van der Waals surface area contributed by atoms with Crippen molar-refractivity contribution in [3.8, 4) is 0 Å². The molecule has 0 fully saturated rings. The molecule has 0 bridgehead atoms. The smallest absolute Gasteiger partial charge is 0.335 e. The summed E-state index contributed by atoms with van der Waals surface area (Å²) in [6.07, 6.45) is 0. The van der Waals surface area contributed by atoms with Crippen LogP contribution in [0.4, 0.5) is 0 Å². The van der Waals surface area contributed by atoms with E-state index in [1.54, 1.807) is 14.0 Å². The predicted octanol–water partition coefficient (Wildman–Crippen LogP) is 0.802. The maximum absolute atomic E-state index is 11.2. The summed E-state index contributed by atoms with van der Waals surface area (Å²) in [6.45, 7) is 8.85. The zero-order valence-electron chi connectivity index (χ0n) is 11.8. The minimum atomic E-state index is -0.421. The summed E-state index contributed by atoms with van der Waals surface area (Å²) < 4.78 is 25.3. The summed E-state index contributed by atoms with van der Waals surface area (Å²) >= 11 is 0. The Labute approximate surface area is 114 Å². The lowest BCUT2D eigenvalue weighted by atomic mass is 10.3. The van der Waals surface area contributed by atoms with E-state index in [1.807, 2.05) is 0 Å². The van der Waals surface area contributed by atoms with E-state index in [4.69, 9.17) is 23.7 Å². The van der Waals surface area contributed by atoms with E-state index in [-0.39, 0.29) is 6.61 Å². The minimum absolute atomic E-state index is 0.159. The second kappa shape index (κ2) is 13.5. The van der Waals surface area contributed by atoms with Crippen molar-refractivity contribution in [2.24, 2.45) is 0 Å². The minimum Gasteiger partial charge on any atom is -0.463 e. The van der Waals surface area contributed by atoms with E-state index >= 15 is 0 Å². The van der Waals surface area contributed by atoms with Crippen LogP contribution in [-0.2, 0) is 28.5 Å². The fraction of sp³-hybridized carbons (Fsp3) is 0.769. The van der Waals surface area contributed by atoms with Crippen molar-refractivity contribution < 1.29 is 28.5 Å². The number of ether oxygens (including phenoxy) is 5. The molecule has 0 aliphatic carbocycles. The summed E-state index contributed by atoms with van der Waals surface area (Å²) in [5.41, 5.74) is 0.310. The maximum atomic E-state index is 11.2. The van der Waals surface area contributed by atoms with Crippen molar-refractivity contribution in [1.82, 2.24) is 0 Å². The Morgan fingerprint density at radius 1 is 0.947 bits per heavy atom. The average molecular weight is 276 g/mol. The molecule has 0 N–H and O–H groups in total. The van der Waals surface area contributed by atoms with Gasteiger partial charge in [0.2, 0.25) is 0 Å². The van der Waals surface area contributed by atoms with Gasteiger partial charge in [-0.25, -0.2) is 4.79 Å². The van der Waals surface area contributed by atoms with Gasteiger partial charge in [0.1, 0.15) is 0 Å². The lowest BCUT2D eigenvalue weighted by Crippen LogP contribution is -2.15. The van der Waals surface area contributed by atoms with Gasteiger partial charge in [-0.15, -0.1) is 0 Å². The fourth-order valence-electron chi connectivity index (χ4n) is 1.07. The van der Waals surface area contributed by atoms with Gasteiger partial charge in [0, 0.05) is 7.11 Å². The Bertz CT molecular complexity index is 241. The van der Waals surface area contributed by atoms with Gasteiger partial charge < -0.3 is 23.7 Å². The van der Waals surface area contributed by atoms with Gasteiger partial charge in [-0.05, 0) is 6.92 Å². The summed E-state index contributed by atoms with van der Waals surface area (Å²) in [6, 6.07) is 0. The quantitative estimate of drug-likeness (QED) is 0.282. The van der Waals surface area contributed by atoms with Crippen molar-refractivity contribution in [3.05, 3.63) is 12.2 Å². The third-order valence-corrected chi connectivity index (χ3v) is 2.02. The first-order valence-corrected chi connectivity index (χ1v) is 6.29. The number of hydrogen-bond acceptors (Lipinski definition) is 6. The molecule has 0 aromatic carbocycles. The van der Waals surface area contributed by atoms with Crippen molar-refractivity contribution in [3.63, 3.8) is 0 Å². The number of rotatable bonds is 13. The normalized spacial score (nSPS) is 10.4. The first-order chi connectivity index (χ1) is 9.22. The third-order valence-electron chi connectivity index (χ3n) is 2.02. The topological polar surface area (TPSA) is 63.2 Å². The van der Waals surface area contributed by atoms with Gasteiger partial charge in [-0.1, -0.05) is 6.58 Å². The van der Waals surface area contributed by atoms with Gasteiger partial charge in [0.05, 0.1) is 58.4 Å². The highest BCUT2D eigenvalue weighted by Crippen LogP contribution is 1.95. The Morgan fingerprint density at radius 2 is 1.47 bits per heavy atom. The van der Waals surface area contributed by atoms with E-state index in [0.29, 0.717) is 51.8 Å². The molecule has 0 aromatic rings. The van der Waals surface area contributed by atoms with Crippen LogP contribution in [0.1, 0.15) is 6.92 Å². The largest absolute Gasteiger partial charge is 0.463 e. The van der Waals surface area contributed by atoms with E-state index in [1.165, 1.54) is 0 Å². The van der Waals surface area contributed by atoms with E-state index < -0.39 is 5.97 Å². The zero-order valence-corrected chi connectivity index (χ0v) is 11.8. The lowest BCUT2D eigenvalue weighted by Gasteiger charge is -2.07. The average Bonchev–Trinajstić information content (AvgIpc) is 2.41. The molecule has 19 heavy (non-hydrogen) atoms. The molecule has 0 aliphatic heterocycles. The molecule has 0 atom stereocenters. The molecular weight excluding hydrogens is 252 g/mol. The molecular formula is C13H24O6. The molecule has 0 heterocycles. The molecule has 0 rings (SSSR count). The number of carbonyl (C=O) groups excluding carboxylic acids is 1. The SMILES string of the molecule is C=C(COCCOCCOCCOC)C(=O)OCC. The van der Waals surface area contributed by atoms with Crippen LogP contribution >= 0.6 is 0 Å². The number of carbonyl (C=O) groups is 1. The summed E-state index contributed by atoms with van der Waals surface area (Å²) in [5.74, 6) is -0.421. The Morgan fingerprint density at radius 3 is 2.00 bits per heavy atom. The summed E-state index contributed by atoms with van der Waals surface area (Å²) in [5, 5.41) is 0. The molecule has 0 spiro atoms. The van der Waals surface area contributed by atoms with E-state index in [0.717, 1.165) is 0 Å². The van der Waals surface area contributed by atoms with Crippen LogP contribution in [0, 0.1) is 0 Å². The van der Waals surface area contributed by atoms with Gasteiger partial charge in [0.15, 0.2) is 0 Å². The molecule has 0 aromatic heterocycles. The van der Waals surface area contributed by atoms with E-state index in [9.17, 15) is 4.79 Å². The molecule has 0 saturated carbocycles. The molecule has 0 aliphatic rings. The Kier molecular flexibility index (Phi) is 12.8. The highest BCUT2D eigenvalue weighted by molar-refractivity contribution is 5.87. The van der Waals surface area contributed by atoms with Crippen LogP contribution in [0.5, 0.6) is 0 Å². The summed E-state index contributed by atoms with van der Waals surface area (Å²) in [4.78, 5) is 11.2. The highest BCUT2D eigenvalue weighted by atomic mass is 16.6. The molecule has 6 heteroatoms. The van der Waals surface area contributed by atoms with Crippen LogP contribution < -0.4 is 0 Å². The van der Waals surface area contributed by atoms with E-state index in [2.05, 4.69) is 6.58 Å². The lowest BCUT2D eigenvalue weighted by molar-refractivity contribution is -0.139. The molecule has 0 amide bonds. The maximum Gasteiger partial charge on any atom is 0.335 e. The molecule has 0 unspecified atom stereocenters. The van der Waals surface area contributed by atoms with Crippen LogP contribution in [0.25, 0.3) is 0 Å². The van der Waals surface area contributed by atoms with Crippen LogP contribution in [-0.4, -0.2) is 65.9 Å². The van der Waals surface area contributed by atoms with Crippen molar-refractivity contribution in [2.75, 3.05) is 60.0 Å². The van der Waals surface area contributed by atoms with Crippen LogP contribution in [0.3, 0.4) is 0 Å². The Balaban J connectivity index is 3.22. The monoisotopic (exact) mass is 276 g/mol. The highest BCUT2D eigenvalue weighted by Gasteiger charge is 2.06. The fourth-order valence-corrected chi connectivity index (χ4v) is 1.07. The predicted molar refractivity (Wildman–Crippen MR) is 70.1 cm³/mol. The van der Waals surface area contributed by atoms with Crippen molar-refractivity contribution >= 4 is 5.97 Å². The first-order valence-electron chi connectivity index (χ1n) is 6.29. The number of esters is 1. The van der Waals surface area contributed by atoms with Gasteiger partial charge in [-0.2, -0.15) is 0 Å². The van der Waals surface area contributed by atoms with Gasteiger partial charge in [-0.3, -0.25) is 0 Å². The standard InChI is InChI=1S/C13H24O6/c1-4-19-13(14)12(2)11-18-10-9-17-8-7-16-6-5-15-3/h2,4-11H2,1,3H3. The molecule has 0 radical (unpaired) electrons. The Hall–Kier alpha value is -0.950. The van der Waals surface area contributed by atoms with Gasteiger partial charge >= 0.3 is 5.97 Å². The van der Waals surface area contributed by atoms with Crippen molar-refractivity contribution in [2.45, 2.75) is 6.92 Å². The third kappa shape index (κ3) is 11.9. The van der Waals surface area contributed by atoms with Crippen molar-refractivity contribution in [1.29, 1.82) is 0 Å². The zero-order chi connectivity index (χ0) is 14.3. The summed E-state index contributed by atoms with van der Waals surface area (Å²) in [7, 11) is 1.63. The first kappa shape index (κ1) is 18.0. The van der Waals surface area contributed by atoms with Crippen LogP contribution in [0.15, 0.2) is 12.2 Å². The van der Waals surface area contributed by atoms with Gasteiger partial charge in [0.25, 0.3) is 0 Å². The number of hydrogen-bond donors (Lipinski definition) is 0. The van der Waals surface area contributed by atoms with Crippen LogP contribution in [0.2, 0.25) is 0 Å². The second-order valence-electron chi connectivity index (χ2n) is 3.59.